The molecule has 3 heteroatoms. The zero-order valence-corrected chi connectivity index (χ0v) is 9.97. The second-order valence-corrected chi connectivity index (χ2v) is 3.67. The van der Waals surface area contributed by atoms with E-state index in [1.54, 1.807) is 0 Å². The first kappa shape index (κ1) is 13.3. The third-order valence-corrected chi connectivity index (χ3v) is 2.62. The highest BCUT2D eigenvalue weighted by Crippen LogP contribution is 2.05. The summed E-state index contributed by atoms with van der Waals surface area (Å²) in [7, 11) is 1.87. The lowest BCUT2D eigenvalue weighted by atomic mass is 10.1. The Kier molecular flexibility index (Phi) is 7.25. The number of urea groups is 1. The van der Waals surface area contributed by atoms with Crippen molar-refractivity contribution in [3.63, 3.8) is 0 Å². The first-order valence-corrected chi connectivity index (χ1v) is 5.67. The highest BCUT2D eigenvalue weighted by atomic mass is 16.2. The zero-order valence-electron chi connectivity index (χ0n) is 9.97. The van der Waals surface area contributed by atoms with Crippen molar-refractivity contribution in [2.75, 3.05) is 13.6 Å². The molecule has 14 heavy (non-hydrogen) atoms. The van der Waals surface area contributed by atoms with Crippen LogP contribution < -0.4 is 5.32 Å². The van der Waals surface area contributed by atoms with Crippen LogP contribution in [0.5, 0.6) is 0 Å². The van der Waals surface area contributed by atoms with Crippen LogP contribution >= 0.6 is 0 Å². The molecule has 0 rings (SSSR count). The predicted octanol–water partition coefficient (Wildman–Crippen LogP) is 2.62. The number of unbranched alkanes of at least 4 members (excludes halogenated alkanes) is 1. The van der Waals surface area contributed by atoms with E-state index in [0.29, 0.717) is 6.04 Å². The molecule has 1 N–H and O–H groups in total. The van der Waals surface area contributed by atoms with Crippen LogP contribution in [0.1, 0.15) is 46.5 Å². The van der Waals surface area contributed by atoms with Gasteiger partial charge >= 0.3 is 6.03 Å². The predicted molar refractivity (Wildman–Crippen MR) is 60.4 cm³/mol. The molecule has 3 nitrogen and oxygen atoms in total. The molecule has 0 heterocycles. The number of rotatable bonds is 6. The number of hydrogen-bond donors (Lipinski definition) is 1. The fourth-order valence-corrected chi connectivity index (χ4v) is 1.50. The average Bonchev–Trinajstić information content (AvgIpc) is 2.19. The van der Waals surface area contributed by atoms with Gasteiger partial charge in [-0.05, 0) is 19.3 Å². The van der Waals surface area contributed by atoms with Crippen LogP contribution in [0.25, 0.3) is 0 Å². The van der Waals surface area contributed by atoms with Crippen LogP contribution in [0.3, 0.4) is 0 Å². The Morgan fingerprint density at radius 2 is 1.86 bits per heavy atom. The van der Waals surface area contributed by atoms with Gasteiger partial charge in [0, 0.05) is 19.6 Å². The minimum absolute atomic E-state index is 0.0622. The van der Waals surface area contributed by atoms with Gasteiger partial charge in [0.1, 0.15) is 0 Å². The Hall–Kier alpha value is -0.730. The molecular weight excluding hydrogens is 176 g/mol. The summed E-state index contributed by atoms with van der Waals surface area (Å²) in [5.41, 5.74) is 0. The Balaban J connectivity index is 3.84. The molecule has 0 atom stereocenters. The number of carbonyl (C=O) groups is 1. The van der Waals surface area contributed by atoms with Gasteiger partial charge in [0.15, 0.2) is 0 Å². The van der Waals surface area contributed by atoms with Crippen LogP contribution in [0.4, 0.5) is 4.79 Å². The van der Waals surface area contributed by atoms with Crippen molar-refractivity contribution >= 4 is 6.03 Å². The van der Waals surface area contributed by atoms with Gasteiger partial charge < -0.3 is 10.2 Å². The van der Waals surface area contributed by atoms with E-state index in [1.165, 1.54) is 0 Å². The quantitative estimate of drug-likeness (QED) is 0.657. The minimum atomic E-state index is 0.0622. The summed E-state index contributed by atoms with van der Waals surface area (Å²) in [6.07, 6.45) is 4.22. The van der Waals surface area contributed by atoms with Gasteiger partial charge in [0.2, 0.25) is 0 Å². The van der Waals surface area contributed by atoms with Crippen molar-refractivity contribution in [3.8, 4) is 0 Å². The largest absolute Gasteiger partial charge is 0.338 e. The average molecular weight is 200 g/mol. The van der Waals surface area contributed by atoms with E-state index in [-0.39, 0.29) is 6.03 Å². The van der Waals surface area contributed by atoms with E-state index in [1.807, 2.05) is 11.9 Å². The molecule has 2 amide bonds. The molecule has 0 radical (unpaired) electrons. The van der Waals surface area contributed by atoms with Gasteiger partial charge in [-0.25, -0.2) is 4.79 Å². The highest BCUT2D eigenvalue weighted by molar-refractivity contribution is 5.74. The molecule has 0 aliphatic heterocycles. The SMILES string of the molecule is CCCCNC(=O)N(C)C(CC)CC. The normalized spacial score (nSPS) is 10.4. The number of carbonyl (C=O) groups excluding carboxylic acids is 1. The fraction of sp³-hybridized carbons (Fsp3) is 0.909. The van der Waals surface area contributed by atoms with Crippen LogP contribution in [-0.4, -0.2) is 30.6 Å². The second-order valence-electron chi connectivity index (χ2n) is 3.67. The van der Waals surface area contributed by atoms with Gasteiger partial charge in [-0.1, -0.05) is 27.2 Å². The van der Waals surface area contributed by atoms with E-state index in [9.17, 15) is 4.79 Å². The van der Waals surface area contributed by atoms with E-state index < -0.39 is 0 Å². The van der Waals surface area contributed by atoms with Crippen LogP contribution in [0.15, 0.2) is 0 Å². The third kappa shape index (κ3) is 4.49. The number of hydrogen-bond acceptors (Lipinski definition) is 1. The van der Waals surface area contributed by atoms with Crippen molar-refractivity contribution in [1.82, 2.24) is 10.2 Å². The first-order valence-electron chi connectivity index (χ1n) is 5.67. The smallest absolute Gasteiger partial charge is 0.317 e. The van der Waals surface area contributed by atoms with Crippen LogP contribution in [-0.2, 0) is 0 Å². The third-order valence-electron chi connectivity index (χ3n) is 2.62. The molecule has 84 valence electrons. The van der Waals surface area contributed by atoms with Gasteiger partial charge in [-0.3, -0.25) is 0 Å². The summed E-state index contributed by atoms with van der Waals surface area (Å²) in [5, 5.41) is 2.92. The molecule has 0 fully saturated rings. The molecule has 0 aliphatic rings. The van der Waals surface area contributed by atoms with Crippen molar-refractivity contribution in [1.29, 1.82) is 0 Å². The summed E-state index contributed by atoms with van der Waals surface area (Å²) >= 11 is 0. The standard InChI is InChI=1S/C11H24N2O/c1-5-8-9-12-11(14)13(4)10(6-2)7-3/h10H,5-9H2,1-4H3,(H,12,14). The van der Waals surface area contributed by atoms with E-state index in [0.717, 1.165) is 32.2 Å². The monoisotopic (exact) mass is 200 g/mol. The van der Waals surface area contributed by atoms with E-state index in [2.05, 4.69) is 26.1 Å². The Morgan fingerprint density at radius 1 is 1.29 bits per heavy atom. The van der Waals surface area contributed by atoms with Gasteiger partial charge in [-0.15, -0.1) is 0 Å². The lowest BCUT2D eigenvalue weighted by Crippen LogP contribution is -2.43. The van der Waals surface area contributed by atoms with E-state index >= 15 is 0 Å². The summed E-state index contributed by atoms with van der Waals surface area (Å²) in [5.74, 6) is 0. The molecule has 0 aromatic rings. The van der Waals surface area contributed by atoms with Crippen LogP contribution in [0, 0.1) is 0 Å². The number of nitrogens with one attached hydrogen (secondary N) is 1. The molecule has 0 spiro atoms. The molecule has 0 saturated heterocycles. The molecule has 0 aromatic heterocycles. The lowest BCUT2D eigenvalue weighted by Gasteiger charge is -2.26. The minimum Gasteiger partial charge on any atom is -0.338 e. The molecule has 0 bridgehead atoms. The maximum Gasteiger partial charge on any atom is 0.317 e. The van der Waals surface area contributed by atoms with Crippen molar-refractivity contribution in [2.24, 2.45) is 0 Å². The summed E-state index contributed by atoms with van der Waals surface area (Å²) < 4.78 is 0. The first-order chi connectivity index (χ1) is 6.67. The topological polar surface area (TPSA) is 32.3 Å². The maximum absolute atomic E-state index is 11.6. The number of nitrogens with zero attached hydrogens (tertiary/aromatic N) is 1. The second kappa shape index (κ2) is 7.65. The van der Waals surface area contributed by atoms with E-state index in [4.69, 9.17) is 0 Å². The summed E-state index contributed by atoms with van der Waals surface area (Å²) in [4.78, 5) is 13.4. The highest BCUT2D eigenvalue weighted by Gasteiger charge is 2.15. The molecular formula is C11H24N2O. The van der Waals surface area contributed by atoms with Crippen molar-refractivity contribution in [2.45, 2.75) is 52.5 Å². The number of amides is 2. The van der Waals surface area contributed by atoms with Gasteiger partial charge in [-0.2, -0.15) is 0 Å². The summed E-state index contributed by atoms with van der Waals surface area (Å²) in [6, 6.07) is 0.434. The zero-order chi connectivity index (χ0) is 11.0. The van der Waals surface area contributed by atoms with Crippen molar-refractivity contribution < 1.29 is 4.79 Å². The Morgan fingerprint density at radius 3 is 2.29 bits per heavy atom. The Labute approximate surface area is 87.9 Å². The molecule has 0 aliphatic carbocycles. The van der Waals surface area contributed by atoms with Gasteiger partial charge in [0.25, 0.3) is 0 Å². The Bertz CT molecular complexity index is 155. The molecule has 0 aromatic carbocycles. The van der Waals surface area contributed by atoms with Crippen molar-refractivity contribution in [3.05, 3.63) is 0 Å². The summed E-state index contributed by atoms with van der Waals surface area (Å²) in [6.45, 7) is 7.14. The fourth-order valence-electron chi connectivity index (χ4n) is 1.50. The lowest BCUT2D eigenvalue weighted by molar-refractivity contribution is 0.186. The van der Waals surface area contributed by atoms with Crippen LogP contribution in [0.2, 0.25) is 0 Å². The van der Waals surface area contributed by atoms with Gasteiger partial charge in [0.05, 0.1) is 0 Å². The maximum atomic E-state index is 11.6. The molecule has 0 unspecified atom stereocenters. The molecule has 0 saturated carbocycles.